The van der Waals surface area contributed by atoms with Gasteiger partial charge in [0.2, 0.25) is 11.8 Å². The van der Waals surface area contributed by atoms with Gasteiger partial charge in [0.15, 0.2) is 0 Å². The molecular weight excluding hydrogens is 355 g/mol. The summed E-state index contributed by atoms with van der Waals surface area (Å²) in [5.41, 5.74) is 0.580. The second-order valence-corrected chi connectivity index (χ2v) is 8.96. The first kappa shape index (κ1) is 17.8. The van der Waals surface area contributed by atoms with Crippen molar-refractivity contribution in [2.45, 2.75) is 44.9 Å². The van der Waals surface area contributed by atoms with Gasteiger partial charge in [-0.3, -0.25) is 9.59 Å². The summed E-state index contributed by atoms with van der Waals surface area (Å²) < 4.78 is 13.1. The molecule has 4 fully saturated rings. The van der Waals surface area contributed by atoms with Crippen molar-refractivity contribution >= 4 is 29.1 Å². The van der Waals surface area contributed by atoms with Gasteiger partial charge in [-0.25, -0.2) is 4.39 Å². The number of rotatable bonds is 5. The van der Waals surface area contributed by atoms with Crippen LogP contribution in [-0.4, -0.2) is 18.4 Å². The molecule has 0 heterocycles. The first-order chi connectivity index (χ1) is 12.4. The lowest BCUT2D eigenvalue weighted by Gasteiger charge is -2.56. The quantitative estimate of drug-likeness (QED) is 0.809. The third-order valence-electron chi connectivity index (χ3n) is 6.35. The molecule has 0 unspecified atom stereocenters. The molecule has 0 atom stereocenters. The van der Waals surface area contributed by atoms with E-state index in [-0.39, 0.29) is 28.8 Å². The van der Waals surface area contributed by atoms with Gasteiger partial charge in [0.1, 0.15) is 5.82 Å². The van der Waals surface area contributed by atoms with Crippen molar-refractivity contribution in [2.75, 3.05) is 11.9 Å². The van der Waals surface area contributed by atoms with Crippen LogP contribution >= 0.6 is 11.6 Å². The van der Waals surface area contributed by atoms with Crippen LogP contribution < -0.4 is 10.6 Å². The lowest BCUT2D eigenvalue weighted by molar-refractivity contribution is -0.131. The number of halogens is 2. The van der Waals surface area contributed by atoms with Gasteiger partial charge < -0.3 is 10.6 Å². The maximum absolute atomic E-state index is 13.1. The highest BCUT2D eigenvalue weighted by Gasteiger charge is 2.51. The molecule has 140 valence electrons. The van der Waals surface area contributed by atoms with Crippen molar-refractivity contribution in [1.82, 2.24) is 5.32 Å². The molecule has 0 spiro atoms. The average Bonchev–Trinajstić information content (AvgIpc) is 2.55. The molecule has 5 rings (SSSR count). The summed E-state index contributed by atoms with van der Waals surface area (Å²) in [5, 5.41) is 5.32. The molecule has 2 amide bonds. The van der Waals surface area contributed by atoms with Gasteiger partial charge in [0.05, 0.1) is 11.6 Å². The molecule has 4 saturated carbocycles. The van der Waals surface area contributed by atoms with Crippen LogP contribution in [0.4, 0.5) is 10.1 Å². The van der Waals surface area contributed by atoms with E-state index >= 15 is 0 Å². The average molecular weight is 379 g/mol. The Labute approximate surface area is 157 Å². The number of carbonyl (C=O) groups is 2. The third kappa shape index (κ3) is 3.73. The van der Waals surface area contributed by atoms with Gasteiger partial charge in [0.25, 0.3) is 0 Å². The second-order valence-electron chi connectivity index (χ2n) is 8.55. The Kier molecular flexibility index (Phi) is 4.68. The van der Waals surface area contributed by atoms with E-state index < -0.39 is 5.82 Å². The minimum absolute atomic E-state index is 0.0424. The van der Waals surface area contributed by atoms with Crippen molar-refractivity contribution in [2.24, 2.45) is 23.2 Å². The van der Waals surface area contributed by atoms with Crippen molar-refractivity contribution < 1.29 is 14.0 Å². The molecule has 4 aliphatic rings. The highest BCUT2D eigenvalue weighted by molar-refractivity contribution is 6.31. The Morgan fingerprint density at radius 3 is 2.27 bits per heavy atom. The van der Waals surface area contributed by atoms with Crippen LogP contribution in [0.1, 0.15) is 44.9 Å². The zero-order chi connectivity index (χ0) is 18.3. The van der Waals surface area contributed by atoms with Gasteiger partial charge in [0, 0.05) is 12.1 Å². The van der Waals surface area contributed by atoms with E-state index in [1.54, 1.807) is 0 Å². The minimum atomic E-state index is -0.534. The fourth-order valence-electron chi connectivity index (χ4n) is 5.87. The summed E-state index contributed by atoms with van der Waals surface area (Å²) in [5.74, 6) is 1.50. The molecule has 1 aromatic carbocycles. The standard InChI is InChI=1S/C20H24ClFN2O2/c21-16-6-15(1-2-17(16)22)24-19(26)11-23-18(25)10-20-7-12-3-13(8-20)5-14(4-12)9-20/h1-2,6,12-14H,3-5,7-11H2,(H,23,25)(H,24,26). The topological polar surface area (TPSA) is 58.2 Å². The largest absolute Gasteiger partial charge is 0.347 e. The normalized spacial score (nSPS) is 31.7. The summed E-state index contributed by atoms with van der Waals surface area (Å²) in [6, 6.07) is 3.99. The number of amides is 2. The van der Waals surface area contributed by atoms with Crippen LogP contribution in [-0.2, 0) is 9.59 Å². The molecule has 0 aromatic heterocycles. The zero-order valence-corrected chi connectivity index (χ0v) is 15.4. The van der Waals surface area contributed by atoms with Gasteiger partial charge >= 0.3 is 0 Å². The van der Waals surface area contributed by atoms with Gasteiger partial charge in [-0.05, 0) is 79.9 Å². The predicted molar refractivity (Wildman–Crippen MR) is 98.3 cm³/mol. The van der Waals surface area contributed by atoms with Gasteiger partial charge in [-0.2, -0.15) is 0 Å². The Hall–Kier alpha value is -1.62. The lowest BCUT2D eigenvalue weighted by Crippen LogP contribution is -2.48. The lowest BCUT2D eigenvalue weighted by atomic mass is 9.49. The van der Waals surface area contributed by atoms with Crippen LogP contribution in [0.15, 0.2) is 18.2 Å². The zero-order valence-electron chi connectivity index (χ0n) is 14.7. The molecule has 4 bridgehead atoms. The predicted octanol–water partition coefficient (Wildman–Crippen LogP) is 4.14. The number of hydrogen-bond acceptors (Lipinski definition) is 2. The number of carbonyl (C=O) groups excluding carboxylic acids is 2. The summed E-state index contributed by atoms with van der Waals surface area (Å²) in [6.07, 6.45) is 8.11. The van der Waals surface area contributed by atoms with Crippen LogP contribution in [0.3, 0.4) is 0 Å². The monoisotopic (exact) mass is 378 g/mol. The highest BCUT2D eigenvalue weighted by atomic mass is 35.5. The second kappa shape index (κ2) is 6.84. The van der Waals surface area contributed by atoms with Gasteiger partial charge in [-0.15, -0.1) is 0 Å². The van der Waals surface area contributed by atoms with Crippen molar-refractivity contribution in [3.63, 3.8) is 0 Å². The smallest absolute Gasteiger partial charge is 0.243 e. The SMILES string of the molecule is O=C(CC12CC3CC(CC(C3)C1)C2)NCC(=O)Nc1ccc(F)c(Cl)c1. The summed E-state index contributed by atoms with van der Waals surface area (Å²) in [6.45, 7) is -0.0831. The molecule has 2 N–H and O–H groups in total. The fourth-order valence-corrected chi connectivity index (χ4v) is 6.05. The van der Waals surface area contributed by atoms with E-state index in [1.807, 2.05) is 0 Å². The maximum atomic E-state index is 13.1. The third-order valence-corrected chi connectivity index (χ3v) is 6.64. The van der Waals surface area contributed by atoms with E-state index in [4.69, 9.17) is 11.6 Å². The van der Waals surface area contributed by atoms with Crippen LogP contribution in [0, 0.1) is 29.0 Å². The molecule has 1 aromatic rings. The molecular formula is C20H24ClFN2O2. The van der Waals surface area contributed by atoms with E-state index in [0.717, 1.165) is 17.8 Å². The molecule has 26 heavy (non-hydrogen) atoms. The number of nitrogens with one attached hydrogen (secondary N) is 2. The van der Waals surface area contributed by atoms with Crippen LogP contribution in [0.2, 0.25) is 5.02 Å². The van der Waals surface area contributed by atoms with Crippen LogP contribution in [0.5, 0.6) is 0 Å². The first-order valence-corrected chi connectivity index (χ1v) is 9.80. The van der Waals surface area contributed by atoms with Crippen molar-refractivity contribution in [1.29, 1.82) is 0 Å². The number of hydrogen-bond donors (Lipinski definition) is 2. The summed E-state index contributed by atoms with van der Waals surface area (Å²) in [7, 11) is 0. The molecule has 6 heteroatoms. The van der Waals surface area contributed by atoms with Gasteiger partial charge in [-0.1, -0.05) is 11.6 Å². The fraction of sp³-hybridized carbons (Fsp3) is 0.600. The van der Waals surface area contributed by atoms with Crippen LogP contribution in [0.25, 0.3) is 0 Å². The molecule has 0 saturated heterocycles. The number of benzene rings is 1. The Morgan fingerprint density at radius 2 is 1.69 bits per heavy atom. The van der Waals surface area contributed by atoms with Crippen molar-refractivity contribution in [3.05, 3.63) is 29.0 Å². The molecule has 0 aliphatic heterocycles. The van der Waals surface area contributed by atoms with E-state index in [2.05, 4.69) is 10.6 Å². The molecule has 4 aliphatic carbocycles. The Balaban J connectivity index is 1.27. The summed E-state index contributed by atoms with van der Waals surface area (Å²) in [4.78, 5) is 24.4. The first-order valence-electron chi connectivity index (χ1n) is 9.42. The highest BCUT2D eigenvalue weighted by Crippen LogP contribution is 2.61. The summed E-state index contributed by atoms with van der Waals surface area (Å²) >= 11 is 5.70. The Bertz CT molecular complexity index is 701. The van der Waals surface area contributed by atoms with Crippen molar-refractivity contribution in [3.8, 4) is 0 Å². The van der Waals surface area contributed by atoms with E-state index in [0.29, 0.717) is 12.1 Å². The number of anilines is 1. The minimum Gasteiger partial charge on any atom is -0.347 e. The molecule has 4 nitrogen and oxygen atoms in total. The Morgan fingerprint density at radius 1 is 1.08 bits per heavy atom. The molecule has 0 radical (unpaired) electrons. The van der Waals surface area contributed by atoms with E-state index in [9.17, 15) is 14.0 Å². The van der Waals surface area contributed by atoms with E-state index in [1.165, 1.54) is 56.7 Å². The maximum Gasteiger partial charge on any atom is 0.243 e.